The molecular weight excluding hydrogens is 354 g/mol. The van der Waals surface area contributed by atoms with Crippen molar-refractivity contribution in [3.8, 4) is 11.5 Å². The summed E-state index contributed by atoms with van der Waals surface area (Å²) in [6.45, 7) is 2.48. The van der Waals surface area contributed by atoms with Crippen LogP contribution in [0.1, 0.15) is 27.1 Å². The Balaban J connectivity index is 1.58. The van der Waals surface area contributed by atoms with Crippen LogP contribution in [0.25, 0.3) is 0 Å². The monoisotopic (exact) mass is 373 g/mol. The van der Waals surface area contributed by atoms with E-state index < -0.39 is 0 Å². The van der Waals surface area contributed by atoms with Crippen molar-refractivity contribution in [1.82, 2.24) is 14.9 Å². The third-order valence-electron chi connectivity index (χ3n) is 3.59. The number of hydrogen-bond acceptors (Lipinski definition) is 7. The lowest BCUT2D eigenvalue weighted by Gasteiger charge is -2.13. The molecule has 3 aromatic rings. The third-order valence-corrected chi connectivity index (χ3v) is 4.41. The lowest BCUT2D eigenvalue weighted by Crippen LogP contribution is -2.26. The first kappa shape index (κ1) is 17.9. The van der Waals surface area contributed by atoms with Crippen LogP contribution >= 0.6 is 11.3 Å². The number of hydrogen-bond donors (Lipinski definition) is 0. The second-order valence-electron chi connectivity index (χ2n) is 5.61. The molecule has 0 N–H and O–H groups in total. The minimum absolute atomic E-state index is 0.120. The fourth-order valence-electron chi connectivity index (χ4n) is 2.30. The predicted molar refractivity (Wildman–Crippen MR) is 96.5 cm³/mol. The molecule has 0 aliphatic heterocycles. The number of methoxy groups -OCH3 is 1. The highest BCUT2D eigenvalue weighted by Gasteiger charge is 2.18. The molecule has 0 bridgehead atoms. The van der Waals surface area contributed by atoms with E-state index in [0.29, 0.717) is 23.9 Å². The number of rotatable bonds is 7. The summed E-state index contributed by atoms with van der Waals surface area (Å²) in [5.41, 5.74) is 1.09. The van der Waals surface area contributed by atoms with Crippen LogP contribution in [0.3, 0.4) is 0 Å². The summed E-state index contributed by atoms with van der Waals surface area (Å²) in [4.78, 5) is 22.6. The zero-order valence-corrected chi connectivity index (χ0v) is 15.6. The molecule has 0 aliphatic carbocycles. The molecule has 0 saturated carbocycles. The zero-order valence-electron chi connectivity index (χ0n) is 14.8. The van der Waals surface area contributed by atoms with Gasteiger partial charge in [-0.2, -0.15) is 0 Å². The van der Waals surface area contributed by atoms with Gasteiger partial charge in [0, 0.05) is 18.5 Å². The molecule has 7 nitrogen and oxygen atoms in total. The molecule has 0 fully saturated rings. The van der Waals surface area contributed by atoms with E-state index in [-0.39, 0.29) is 18.2 Å². The number of aryl methyl sites for hydroxylation is 1. The number of thiazole rings is 1. The van der Waals surface area contributed by atoms with E-state index in [9.17, 15) is 4.79 Å². The topological polar surface area (TPSA) is 77.7 Å². The third kappa shape index (κ3) is 4.40. The molecule has 0 saturated heterocycles. The van der Waals surface area contributed by atoms with Crippen molar-refractivity contribution in [3.05, 3.63) is 58.2 Å². The van der Waals surface area contributed by atoms with Gasteiger partial charge < -0.3 is 18.8 Å². The number of carbonyl (C=O) groups is 1. The van der Waals surface area contributed by atoms with Gasteiger partial charge in [0.2, 0.25) is 5.89 Å². The molecule has 0 spiro atoms. The molecule has 2 heterocycles. The van der Waals surface area contributed by atoms with E-state index in [0.717, 1.165) is 10.7 Å². The molecule has 1 amide bonds. The van der Waals surface area contributed by atoms with E-state index in [4.69, 9.17) is 13.9 Å². The Bertz CT molecular complexity index is 890. The fourth-order valence-corrected chi connectivity index (χ4v) is 2.91. The first-order chi connectivity index (χ1) is 12.5. The number of ether oxygens (including phenoxy) is 2. The Kier molecular flexibility index (Phi) is 5.52. The first-order valence-corrected chi connectivity index (χ1v) is 8.81. The largest absolute Gasteiger partial charge is 0.497 e. The van der Waals surface area contributed by atoms with E-state index in [1.807, 2.05) is 24.4 Å². The molecule has 1 aromatic carbocycles. The van der Waals surface area contributed by atoms with Crippen molar-refractivity contribution >= 4 is 17.2 Å². The van der Waals surface area contributed by atoms with Gasteiger partial charge in [-0.3, -0.25) is 4.79 Å². The maximum absolute atomic E-state index is 12.4. The summed E-state index contributed by atoms with van der Waals surface area (Å²) in [6, 6.07) is 7.22. The fraction of sp³-hybridized carbons (Fsp3) is 0.278. The summed E-state index contributed by atoms with van der Waals surface area (Å²) in [6.07, 6.45) is 1.34. The van der Waals surface area contributed by atoms with Crippen LogP contribution in [-0.2, 0) is 13.2 Å². The number of oxazole rings is 1. The Labute approximate surface area is 155 Å². The Morgan fingerprint density at radius 3 is 2.85 bits per heavy atom. The van der Waals surface area contributed by atoms with Gasteiger partial charge in [-0.05, 0) is 19.1 Å². The summed E-state index contributed by atoms with van der Waals surface area (Å²) < 4.78 is 16.1. The predicted octanol–water partition coefficient (Wildman–Crippen LogP) is 3.30. The van der Waals surface area contributed by atoms with E-state index in [1.165, 1.54) is 6.26 Å². The Morgan fingerprint density at radius 2 is 2.12 bits per heavy atom. The summed E-state index contributed by atoms with van der Waals surface area (Å²) in [5, 5.41) is 2.91. The number of nitrogens with zero attached hydrogens (tertiary/aromatic N) is 3. The van der Waals surface area contributed by atoms with Crippen LogP contribution in [-0.4, -0.2) is 34.9 Å². The molecule has 2 aromatic heterocycles. The minimum atomic E-state index is -0.230. The molecule has 0 aliphatic rings. The van der Waals surface area contributed by atoms with E-state index in [2.05, 4.69) is 9.97 Å². The molecule has 136 valence electrons. The van der Waals surface area contributed by atoms with Crippen molar-refractivity contribution in [2.75, 3.05) is 14.2 Å². The average Bonchev–Trinajstić information content (AvgIpc) is 3.28. The van der Waals surface area contributed by atoms with Gasteiger partial charge in [0.15, 0.2) is 12.3 Å². The van der Waals surface area contributed by atoms with Crippen molar-refractivity contribution in [1.29, 1.82) is 0 Å². The molecule has 0 radical (unpaired) electrons. The van der Waals surface area contributed by atoms with Crippen molar-refractivity contribution in [3.63, 3.8) is 0 Å². The normalized spacial score (nSPS) is 10.6. The number of aromatic nitrogens is 2. The second-order valence-corrected chi connectivity index (χ2v) is 6.68. The van der Waals surface area contributed by atoms with Crippen LogP contribution in [0.4, 0.5) is 0 Å². The van der Waals surface area contributed by atoms with E-state index in [1.54, 1.807) is 42.5 Å². The molecule has 0 atom stereocenters. The molecule has 8 heteroatoms. The first-order valence-electron chi connectivity index (χ1n) is 7.93. The highest BCUT2D eigenvalue weighted by atomic mass is 32.1. The van der Waals surface area contributed by atoms with Crippen LogP contribution < -0.4 is 9.47 Å². The Hall–Kier alpha value is -2.87. The van der Waals surface area contributed by atoms with Crippen molar-refractivity contribution < 1.29 is 18.7 Å². The number of carbonyl (C=O) groups excluding carboxylic acids is 1. The van der Waals surface area contributed by atoms with Gasteiger partial charge in [-0.15, -0.1) is 11.3 Å². The Morgan fingerprint density at radius 1 is 1.31 bits per heavy atom. The van der Waals surface area contributed by atoms with Gasteiger partial charge in [0.05, 0.1) is 24.4 Å². The number of benzene rings is 1. The smallest absolute Gasteiger partial charge is 0.275 e. The quantitative estimate of drug-likeness (QED) is 0.632. The zero-order chi connectivity index (χ0) is 18.5. The molecule has 26 heavy (non-hydrogen) atoms. The van der Waals surface area contributed by atoms with Gasteiger partial charge in [0.1, 0.15) is 17.8 Å². The maximum atomic E-state index is 12.4. The second kappa shape index (κ2) is 8.01. The minimum Gasteiger partial charge on any atom is -0.497 e. The maximum Gasteiger partial charge on any atom is 0.275 e. The van der Waals surface area contributed by atoms with Gasteiger partial charge in [0.25, 0.3) is 5.91 Å². The van der Waals surface area contributed by atoms with Gasteiger partial charge >= 0.3 is 0 Å². The summed E-state index contributed by atoms with van der Waals surface area (Å²) in [5.74, 6) is 1.43. The highest BCUT2D eigenvalue weighted by Crippen LogP contribution is 2.20. The van der Waals surface area contributed by atoms with Crippen LogP contribution in [0.15, 0.2) is 40.3 Å². The summed E-state index contributed by atoms with van der Waals surface area (Å²) in [7, 11) is 3.30. The molecule has 0 unspecified atom stereocenters. The van der Waals surface area contributed by atoms with E-state index >= 15 is 0 Å². The lowest BCUT2D eigenvalue weighted by molar-refractivity contribution is 0.0777. The number of amides is 1. The SMILES string of the molecule is COc1cccc(OCc2nc(C(=O)N(C)Cc3csc(C)n3)co2)c1. The highest BCUT2D eigenvalue weighted by molar-refractivity contribution is 7.09. The van der Waals surface area contributed by atoms with Crippen molar-refractivity contribution in [2.24, 2.45) is 0 Å². The lowest BCUT2D eigenvalue weighted by atomic mass is 10.3. The molecule has 3 rings (SSSR count). The average molecular weight is 373 g/mol. The van der Waals surface area contributed by atoms with Gasteiger partial charge in [-0.25, -0.2) is 9.97 Å². The molecular formula is C18H19N3O4S. The standard InChI is InChI=1S/C18H19N3O4S/c1-12-19-13(11-26-12)8-21(2)18(22)16-9-25-17(20-16)10-24-15-6-4-5-14(7-15)23-3/h4-7,9,11H,8,10H2,1-3H3. The van der Waals surface area contributed by atoms with Gasteiger partial charge in [-0.1, -0.05) is 6.07 Å². The van der Waals surface area contributed by atoms with Crippen LogP contribution in [0.5, 0.6) is 11.5 Å². The van der Waals surface area contributed by atoms with Crippen LogP contribution in [0, 0.1) is 6.92 Å². The summed E-state index contributed by atoms with van der Waals surface area (Å²) >= 11 is 1.56. The van der Waals surface area contributed by atoms with Crippen LogP contribution in [0.2, 0.25) is 0 Å². The van der Waals surface area contributed by atoms with Crippen molar-refractivity contribution in [2.45, 2.75) is 20.1 Å².